The fourth-order valence-electron chi connectivity index (χ4n) is 1.62. The Morgan fingerprint density at radius 2 is 1.89 bits per heavy atom. The van der Waals surface area contributed by atoms with Crippen LogP contribution in [0.15, 0.2) is 36.4 Å². The molecule has 0 saturated heterocycles. The van der Waals surface area contributed by atoms with Crippen molar-refractivity contribution in [1.82, 2.24) is 0 Å². The molecule has 0 amide bonds. The van der Waals surface area contributed by atoms with Crippen LogP contribution in [-0.4, -0.2) is 7.11 Å². The zero-order valence-electron chi connectivity index (χ0n) is 10.3. The molecule has 19 heavy (non-hydrogen) atoms. The topological polar surface area (TPSA) is 44.5 Å². The second kappa shape index (κ2) is 5.56. The summed E-state index contributed by atoms with van der Waals surface area (Å²) in [7, 11) is 1.51. The zero-order valence-corrected chi connectivity index (χ0v) is 10.3. The predicted octanol–water partition coefficient (Wildman–Crippen LogP) is 3.13. The summed E-state index contributed by atoms with van der Waals surface area (Å²) in [5, 5.41) is 0. The number of nitrogens with two attached hydrogens (primary N) is 1. The van der Waals surface area contributed by atoms with E-state index in [0.29, 0.717) is 17.2 Å². The molecule has 2 rings (SSSR count). The number of hydrogen-bond acceptors (Lipinski definition) is 3. The molecular weight excluding hydrogens is 252 g/mol. The van der Waals surface area contributed by atoms with Crippen LogP contribution in [0.5, 0.6) is 11.5 Å². The summed E-state index contributed by atoms with van der Waals surface area (Å²) < 4.78 is 36.7. The lowest BCUT2D eigenvalue weighted by Gasteiger charge is -2.10. The molecule has 2 aromatic carbocycles. The second-order valence-electron chi connectivity index (χ2n) is 3.93. The van der Waals surface area contributed by atoms with Crippen LogP contribution < -0.4 is 15.2 Å². The first-order chi connectivity index (χ1) is 9.10. The quantitative estimate of drug-likeness (QED) is 0.864. The summed E-state index contributed by atoms with van der Waals surface area (Å²) in [6, 6.07) is 8.08. The number of ether oxygens (including phenoxy) is 2. The summed E-state index contributed by atoms with van der Waals surface area (Å²) in [6.07, 6.45) is 0. The van der Waals surface area contributed by atoms with E-state index in [0.717, 1.165) is 18.2 Å². The van der Waals surface area contributed by atoms with Gasteiger partial charge in [-0.05, 0) is 30.3 Å². The van der Waals surface area contributed by atoms with Gasteiger partial charge in [0, 0.05) is 11.6 Å². The summed E-state index contributed by atoms with van der Waals surface area (Å²) in [4.78, 5) is 0. The number of rotatable bonds is 4. The molecule has 0 aromatic heterocycles. The van der Waals surface area contributed by atoms with Crippen LogP contribution in [0, 0.1) is 11.6 Å². The number of halogens is 2. The fourth-order valence-corrected chi connectivity index (χ4v) is 1.62. The van der Waals surface area contributed by atoms with E-state index in [1.165, 1.54) is 7.11 Å². The van der Waals surface area contributed by atoms with Gasteiger partial charge in [-0.25, -0.2) is 8.78 Å². The highest BCUT2D eigenvalue weighted by molar-refractivity contribution is 5.56. The van der Waals surface area contributed by atoms with Gasteiger partial charge in [-0.2, -0.15) is 0 Å². The first-order valence-electron chi connectivity index (χ1n) is 5.60. The fraction of sp³-hybridized carbons (Fsp3) is 0.143. The Labute approximate surface area is 109 Å². The summed E-state index contributed by atoms with van der Waals surface area (Å²) in [5.74, 6) is -0.0247. The SMILES string of the molecule is COc1ccc(OCc2cc(F)ccc2F)cc1N. The van der Waals surface area contributed by atoms with Gasteiger partial charge in [0.05, 0.1) is 12.8 Å². The summed E-state index contributed by atoms with van der Waals surface area (Å²) >= 11 is 0. The first kappa shape index (κ1) is 13.1. The number of nitrogen functional groups attached to an aromatic ring is 1. The highest BCUT2D eigenvalue weighted by atomic mass is 19.1. The number of hydrogen-bond donors (Lipinski definition) is 1. The van der Waals surface area contributed by atoms with Crippen LogP contribution in [0.2, 0.25) is 0 Å². The van der Waals surface area contributed by atoms with Crippen LogP contribution >= 0.6 is 0 Å². The van der Waals surface area contributed by atoms with E-state index >= 15 is 0 Å². The maximum absolute atomic E-state index is 13.4. The van der Waals surface area contributed by atoms with Gasteiger partial charge >= 0.3 is 0 Å². The Kier molecular flexibility index (Phi) is 3.85. The highest BCUT2D eigenvalue weighted by Gasteiger charge is 2.06. The van der Waals surface area contributed by atoms with E-state index in [1.807, 2.05) is 0 Å². The standard InChI is InChI=1S/C14H13F2NO2/c1-18-14-5-3-11(7-13(14)17)19-8-9-6-10(15)2-4-12(9)16/h2-7H,8,17H2,1H3. The molecule has 0 atom stereocenters. The van der Waals surface area contributed by atoms with E-state index in [1.54, 1.807) is 18.2 Å². The monoisotopic (exact) mass is 265 g/mol. The molecule has 0 fully saturated rings. The maximum Gasteiger partial charge on any atom is 0.142 e. The summed E-state index contributed by atoms with van der Waals surface area (Å²) in [6.45, 7) is -0.0740. The van der Waals surface area contributed by atoms with Crippen molar-refractivity contribution in [3.8, 4) is 11.5 Å². The van der Waals surface area contributed by atoms with Crippen LogP contribution in [0.25, 0.3) is 0 Å². The minimum Gasteiger partial charge on any atom is -0.495 e. The molecule has 0 bridgehead atoms. The maximum atomic E-state index is 13.4. The Morgan fingerprint density at radius 3 is 2.58 bits per heavy atom. The molecule has 0 aliphatic rings. The third-order valence-corrected chi connectivity index (χ3v) is 2.60. The Hall–Kier alpha value is -2.30. The Bertz CT molecular complexity index is 588. The summed E-state index contributed by atoms with van der Waals surface area (Å²) in [5.41, 5.74) is 6.28. The number of methoxy groups -OCH3 is 1. The molecular formula is C14H13F2NO2. The van der Waals surface area contributed by atoms with Gasteiger partial charge < -0.3 is 15.2 Å². The van der Waals surface area contributed by atoms with Gasteiger partial charge in [-0.1, -0.05) is 0 Å². The average molecular weight is 265 g/mol. The molecule has 0 saturated carbocycles. The molecule has 0 unspecified atom stereocenters. The van der Waals surface area contributed by atoms with Crippen molar-refractivity contribution in [3.63, 3.8) is 0 Å². The van der Waals surface area contributed by atoms with Crippen LogP contribution in [-0.2, 0) is 6.61 Å². The van der Waals surface area contributed by atoms with Crippen molar-refractivity contribution < 1.29 is 18.3 Å². The minimum atomic E-state index is -0.511. The molecule has 3 nitrogen and oxygen atoms in total. The van der Waals surface area contributed by atoms with E-state index < -0.39 is 11.6 Å². The van der Waals surface area contributed by atoms with Crippen molar-refractivity contribution in [1.29, 1.82) is 0 Å². The molecule has 0 aliphatic carbocycles. The zero-order chi connectivity index (χ0) is 13.8. The Morgan fingerprint density at radius 1 is 1.11 bits per heavy atom. The van der Waals surface area contributed by atoms with Gasteiger partial charge in [0.25, 0.3) is 0 Å². The van der Waals surface area contributed by atoms with Crippen molar-refractivity contribution in [2.24, 2.45) is 0 Å². The molecule has 100 valence electrons. The second-order valence-corrected chi connectivity index (χ2v) is 3.93. The third kappa shape index (κ3) is 3.13. The van der Waals surface area contributed by atoms with E-state index in [4.69, 9.17) is 15.2 Å². The Balaban J connectivity index is 2.10. The van der Waals surface area contributed by atoms with Crippen molar-refractivity contribution in [2.75, 3.05) is 12.8 Å². The first-order valence-corrected chi connectivity index (χ1v) is 5.60. The van der Waals surface area contributed by atoms with Crippen LogP contribution in [0.4, 0.5) is 14.5 Å². The molecule has 5 heteroatoms. The predicted molar refractivity (Wildman–Crippen MR) is 68.1 cm³/mol. The van der Waals surface area contributed by atoms with Crippen LogP contribution in [0.3, 0.4) is 0 Å². The largest absolute Gasteiger partial charge is 0.495 e. The lowest BCUT2D eigenvalue weighted by Crippen LogP contribution is -2.00. The molecule has 2 aromatic rings. The van der Waals surface area contributed by atoms with E-state index in [-0.39, 0.29) is 12.2 Å². The highest BCUT2D eigenvalue weighted by Crippen LogP contribution is 2.26. The molecule has 0 heterocycles. The minimum absolute atomic E-state index is 0.0740. The molecule has 0 spiro atoms. The van der Waals surface area contributed by atoms with Gasteiger partial charge in [0.15, 0.2) is 0 Å². The van der Waals surface area contributed by atoms with Gasteiger partial charge in [0.2, 0.25) is 0 Å². The van der Waals surface area contributed by atoms with Crippen LogP contribution in [0.1, 0.15) is 5.56 Å². The van der Waals surface area contributed by atoms with Gasteiger partial charge in [-0.3, -0.25) is 0 Å². The molecule has 2 N–H and O–H groups in total. The number of benzene rings is 2. The third-order valence-electron chi connectivity index (χ3n) is 2.60. The van der Waals surface area contributed by atoms with Crippen molar-refractivity contribution in [2.45, 2.75) is 6.61 Å². The molecule has 0 radical (unpaired) electrons. The smallest absolute Gasteiger partial charge is 0.142 e. The van der Waals surface area contributed by atoms with E-state index in [2.05, 4.69) is 0 Å². The van der Waals surface area contributed by atoms with Crippen molar-refractivity contribution >= 4 is 5.69 Å². The lowest BCUT2D eigenvalue weighted by molar-refractivity contribution is 0.298. The normalized spacial score (nSPS) is 10.3. The van der Waals surface area contributed by atoms with E-state index in [9.17, 15) is 8.78 Å². The average Bonchev–Trinajstić information content (AvgIpc) is 2.40. The number of anilines is 1. The van der Waals surface area contributed by atoms with Crippen molar-refractivity contribution in [3.05, 3.63) is 53.6 Å². The molecule has 0 aliphatic heterocycles. The lowest BCUT2D eigenvalue weighted by atomic mass is 10.2. The van der Waals surface area contributed by atoms with Gasteiger partial charge in [-0.15, -0.1) is 0 Å². The van der Waals surface area contributed by atoms with Gasteiger partial charge in [0.1, 0.15) is 29.7 Å².